The number of carbonyl (C=O) groups excluding carboxylic acids is 5. The van der Waals surface area contributed by atoms with Crippen LogP contribution in [0.15, 0.2) is 72.8 Å². The minimum Gasteiger partial charge on any atom is -0.508 e. The number of amides is 4. The van der Waals surface area contributed by atoms with Crippen molar-refractivity contribution in [2.75, 3.05) is 67.6 Å². The lowest BCUT2D eigenvalue weighted by atomic mass is 9.83. The lowest BCUT2D eigenvalue weighted by Gasteiger charge is -2.37. The highest BCUT2D eigenvalue weighted by Gasteiger charge is 2.40. The second-order valence-electron chi connectivity index (χ2n) is 20.7. The SMILES string of the molecule is CCn1c(-c2ccccc2CCOC)c2c3cc(ccc31)-c1cc(O)cc(c1)C[C@H](NC(=O)C(C(C)C)N(C)C(=O)[C@H]1CCN(C(=O)/C=C/CN(C)C)C1)C(=O)N1CCC[C@H](N1)C(=O)OCC(C)(C)C2. The molecule has 2 fully saturated rings. The van der Waals surface area contributed by atoms with Gasteiger partial charge in [0, 0.05) is 81.3 Å². The smallest absolute Gasteiger partial charge is 0.324 e. The summed E-state index contributed by atoms with van der Waals surface area (Å²) in [4.78, 5) is 75.5. The molecule has 1 aromatic heterocycles. The topological polar surface area (TPSA) is 166 Å². The van der Waals surface area contributed by atoms with E-state index in [4.69, 9.17) is 9.47 Å². The monoisotopic (exact) mass is 960 g/mol. The maximum Gasteiger partial charge on any atom is 0.324 e. The molecule has 0 aliphatic carbocycles. The Kier molecular flexibility index (Phi) is 16.6. The minimum absolute atomic E-state index is 0.000912. The van der Waals surface area contributed by atoms with Crippen LogP contribution in [0.5, 0.6) is 5.75 Å². The van der Waals surface area contributed by atoms with E-state index >= 15 is 0 Å². The largest absolute Gasteiger partial charge is 0.508 e. The van der Waals surface area contributed by atoms with Crippen LogP contribution in [0.25, 0.3) is 33.3 Å². The number of aryl methyl sites for hydroxylation is 1. The number of cyclic esters (lactones) is 1. The van der Waals surface area contributed by atoms with Crippen molar-refractivity contribution in [3.05, 3.63) is 89.5 Å². The fourth-order valence-electron chi connectivity index (χ4n) is 10.4. The van der Waals surface area contributed by atoms with Gasteiger partial charge in [-0.05, 0) is 111 Å². The van der Waals surface area contributed by atoms with Gasteiger partial charge >= 0.3 is 5.97 Å². The number of hydrogen-bond donors (Lipinski definition) is 3. The molecule has 4 amide bonds. The molecule has 376 valence electrons. The molecule has 15 heteroatoms. The number of rotatable bonds is 13. The number of likely N-dealkylation sites (tertiary alicyclic amines) is 1. The van der Waals surface area contributed by atoms with E-state index in [2.05, 4.69) is 72.5 Å². The van der Waals surface area contributed by atoms with Gasteiger partial charge in [-0.1, -0.05) is 70.2 Å². The quantitative estimate of drug-likeness (QED) is 0.107. The highest BCUT2D eigenvalue weighted by atomic mass is 16.5. The number of hydrazine groups is 1. The average Bonchev–Trinajstić information content (AvgIpc) is 3.94. The minimum atomic E-state index is -1.16. The molecule has 3 aliphatic heterocycles. The number of nitrogens with one attached hydrogen (secondary N) is 2. The maximum atomic E-state index is 14.8. The van der Waals surface area contributed by atoms with Crippen LogP contribution in [0.3, 0.4) is 0 Å². The molecule has 6 bridgehead atoms. The summed E-state index contributed by atoms with van der Waals surface area (Å²) in [5.41, 5.74) is 10.4. The third-order valence-electron chi connectivity index (χ3n) is 13.9. The van der Waals surface area contributed by atoms with E-state index in [1.807, 2.05) is 45.0 Å². The van der Waals surface area contributed by atoms with E-state index in [1.54, 1.807) is 37.3 Å². The molecule has 4 aromatic rings. The predicted molar refractivity (Wildman–Crippen MR) is 271 cm³/mol. The fraction of sp³-hybridized carbons (Fsp3) is 0.509. The molecule has 0 spiro atoms. The molecule has 0 radical (unpaired) electrons. The number of hydrogen-bond acceptors (Lipinski definition) is 10. The molecule has 70 heavy (non-hydrogen) atoms. The van der Waals surface area contributed by atoms with Crippen molar-refractivity contribution in [1.29, 1.82) is 0 Å². The van der Waals surface area contributed by atoms with E-state index in [9.17, 15) is 29.1 Å². The number of likely N-dealkylation sites (N-methyl/N-ethyl adjacent to an activating group) is 2. The zero-order valence-corrected chi connectivity index (χ0v) is 42.5. The number of phenolic OH excluding ortho intramolecular Hbond substituents is 1. The summed E-state index contributed by atoms with van der Waals surface area (Å²) < 4.78 is 14.0. The first-order valence-corrected chi connectivity index (χ1v) is 24.9. The van der Waals surface area contributed by atoms with E-state index in [1.165, 1.54) is 21.5 Å². The van der Waals surface area contributed by atoms with Crippen LogP contribution in [-0.2, 0) is 59.3 Å². The number of phenols is 1. The summed E-state index contributed by atoms with van der Waals surface area (Å²) in [5.74, 6) is -2.70. The van der Waals surface area contributed by atoms with Crippen molar-refractivity contribution in [3.63, 3.8) is 0 Å². The number of esters is 1. The molecule has 0 saturated carbocycles. The number of benzene rings is 3. The molecule has 3 aliphatic rings. The molecule has 4 atom stereocenters. The van der Waals surface area contributed by atoms with Crippen molar-refractivity contribution in [3.8, 4) is 28.1 Å². The molecule has 4 heterocycles. The molecule has 3 aromatic carbocycles. The maximum absolute atomic E-state index is 14.8. The van der Waals surface area contributed by atoms with Gasteiger partial charge in [0.25, 0.3) is 5.91 Å². The number of aromatic nitrogens is 1. The number of aromatic hydroxyl groups is 1. The molecule has 3 N–H and O–H groups in total. The predicted octanol–water partition coefficient (Wildman–Crippen LogP) is 5.99. The summed E-state index contributed by atoms with van der Waals surface area (Å²) in [5, 5.41) is 16.8. The molecule has 7 rings (SSSR count). The zero-order chi connectivity index (χ0) is 50.4. The van der Waals surface area contributed by atoms with Gasteiger partial charge in [-0.15, -0.1) is 0 Å². The van der Waals surface area contributed by atoms with E-state index in [0.717, 1.165) is 45.3 Å². The lowest BCUT2D eigenvalue weighted by molar-refractivity contribution is -0.155. The Labute approximate surface area is 413 Å². The second-order valence-corrected chi connectivity index (χ2v) is 20.7. The van der Waals surface area contributed by atoms with Crippen LogP contribution in [-0.4, -0.2) is 145 Å². The first-order chi connectivity index (χ1) is 33.4. The zero-order valence-electron chi connectivity index (χ0n) is 42.5. The Morgan fingerprint density at radius 3 is 2.51 bits per heavy atom. The van der Waals surface area contributed by atoms with Crippen molar-refractivity contribution in [2.24, 2.45) is 17.3 Å². The van der Waals surface area contributed by atoms with Crippen molar-refractivity contribution >= 4 is 40.5 Å². The Morgan fingerprint density at radius 1 is 1.01 bits per heavy atom. The summed E-state index contributed by atoms with van der Waals surface area (Å²) in [7, 11) is 7.15. The first kappa shape index (κ1) is 51.8. The van der Waals surface area contributed by atoms with Gasteiger partial charge < -0.3 is 39.2 Å². The standard InChI is InChI=1S/C55H73N7O8/c1-10-61-47-20-19-38-31-43(47)44(50(61)42-16-12-11-15-37(42)22-26-69-9)32-55(4,5)34-70-54(68)45-17-13-24-62(57-45)53(67)46(29-36-27-40(38)30-41(63)28-36)56-51(65)49(35(2)3)59(8)52(66)39-21-25-60(33-39)48(64)18-14-23-58(6)7/h11-12,14-16,18-20,27-28,30-31,35,39,45-46,49,57,63H,10,13,17,21-26,29,32-34H2,1-9H3,(H,56,65)/b18-14+/t39-,45-,46-,49?/m0/s1. The first-order valence-electron chi connectivity index (χ1n) is 24.9. The Morgan fingerprint density at radius 2 is 1.79 bits per heavy atom. The van der Waals surface area contributed by atoms with Crippen molar-refractivity contribution in [1.82, 2.24) is 35.0 Å². The number of fused-ring (bicyclic) bond motifs is 6. The van der Waals surface area contributed by atoms with Crippen LogP contribution in [0.2, 0.25) is 0 Å². The summed E-state index contributed by atoms with van der Waals surface area (Å²) >= 11 is 0. The number of nitrogens with zero attached hydrogens (tertiary/aromatic N) is 5. The van der Waals surface area contributed by atoms with Crippen LogP contribution < -0.4 is 10.7 Å². The van der Waals surface area contributed by atoms with Gasteiger partial charge in [0.05, 0.1) is 24.8 Å². The normalized spacial score (nSPS) is 20.2. The van der Waals surface area contributed by atoms with Crippen LogP contribution in [0, 0.1) is 17.3 Å². The van der Waals surface area contributed by atoms with Gasteiger partial charge in [0.15, 0.2) is 0 Å². The van der Waals surface area contributed by atoms with E-state index in [0.29, 0.717) is 57.5 Å². The highest BCUT2D eigenvalue weighted by molar-refractivity contribution is 5.96. The van der Waals surface area contributed by atoms with Crippen molar-refractivity contribution in [2.45, 2.75) is 97.8 Å². The van der Waals surface area contributed by atoms with Gasteiger partial charge in [-0.25, -0.2) is 5.43 Å². The highest BCUT2D eigenvalue weighted by Crippen LogP contribution is 2.41. The molecule has 2 saturated heterocycles. The molecular formula is C55H73N7O8. The third kappa shape index (κ3) is 11.8. The van der Waals surface area contributed by atoms with Gasteiger partial charge in [0.1, 0.15) is 23.9 Å². The van der Waals surface area contributed by atoms with Gasteiger partial charge in [-0.2, -0.15) is 0 Å². The Bertz CT molecular complexity index is 2600. The summed E-state index contributed by atoms with van der Waals surface area (Å²) in [6.45, 7) is 13.0. The molecular weight excluding hydrogens is 887 g/mol. The van der Waals surface area contributed by atoms with Gasteiger partial charge in [0.2, 0.25) is 17.7 Å². The van der Waals surface area contributed by atoms with Crippen molar-refractivity contribution < 1.29 is 38.6 Å². The second kappa shape index (κ2) is 22.4. The average molecular weight is 960 g/mol. The number of ether oxygens (including phenoxy) is 2. The van der Waals surface area contributed by atoms with E-state index in [-0.39, 0.29) is 49.6 Å². The van der Waals surface area contributed by atoms with E-state index < -0.39 is 47.2 Å². The fourth-order valence-corrected chi connectivity index (χ4v) is 10.4. The lowest BCUT2D eigenvalue weighted by Crippen LogP contribution is -2.62. The third-order valence-corrected chi connectivity index (χ3v) is 13.9. The summed E-state index contributed by atoms with van der Waals surface area (Å²) in [6.07, 6.45) is 6.08. The molecule has 1 unspecified atom stereocenters. The van der Waals surface area contributed by atoms with Crippen LogP contribution in [0.1, 0.15) is 70.6 Å². The number of methoxy groups -OCH3 is 1. The Balaban J connectivity index is 1.25. The molecule has 15 nitrogen and oxygen atoms in total. The van der Waals surface area contributed by atoms with Gasteiger partial charge in [-0.3, -0.25) is 29.0 Å². The Hall–Kier alpha value is -6.03. The number of carbonyl (C=O) groups is 5. The summed E-state index contributed by atoms with van der Waals surface area (Å²) in [6, 6.07) is 17.1. The van der Waals surface area contributed by atoms with Crippen LogP contribution in [0.4, 0.5) is 0 Å². The van der Waals surface area contributed by atoms with Crippen LogP contribution >= 0.6 is 0 Å².